The summed E-state index contributed by atoms with van der Waals surface area (Å²) in [4.78, 5) is 8.20. The van der Waals surface area contributed by atoms with Crippen LogP contribution >= 0.6 is 23.2 Å². The Balaban J connectivity index is 2.09. The van der Waals surface area contributed by atoms with Crippen LogP contribution in [0.4, 0.5) is 0 Å². The summed E-state index contributed by atoms with van der Waals surface area (Å²) < 4.78 is 0. The maximum absolute atomic E-state index is 6.06. The van der Waals surface area contributed by atoms with Crippen molar-refractivity contribution < 1.29 is 0 Å². The molecule has 0 radical (unpaired) electrons. The van der Waals surface area contributed by atoms with Crippen molar-refractivity contribution in [3.8, 4) is 0 Å². The van der Waals surface area contributed by atoms with Gasteiger partial charge in [0.05, 0.1) is 21.1 Å². The SMILES string of the molecule is CCC1(c2nc3cc(Cl)c(Cl)cc3[nH]2)CCNCC1. The van der Waals surface area contributed by atoms with Gasteiger partial charge in [-0.3, -0.25) is 0 Å². The molecule has 5 heteroatoms. The molecule has 1 aromatic carbocycles. The fourth-order valence-corrected chi connectivity index (χ4v) is 3.24. The van der Waals surface area contributed by atoms with E-state index < -0.39 is 0 Å². The van der Waals surface area contributed by atoms with E-state index in [-0.39, 0.29) is 5.41 Å². The van der Waals surface area contributed by atoms with Crippen molar-refractivity contribution in [2.75, 3.05) is 13.1 Å². The van der Waals surface area contributed by atoms with Crippen LogP contribution in [0.25, 0.3) is 11.0 Å². The topological polar surface area (TPSA) is 40.7 Å². The lowest BCUT2D eigenvalue weighted by Crippen LogP contribution is -2.40. The Hall–Kier alpha value is -0.770. The zero-order chi connectivity index (χ0) is 13.5. The molecule has 1 aliphatic rings. The van der Waals surface area contributed by atoms with Gasteiger partial charge in [-0.15, -0.1) is 0 Å². The van der Waals surface area contributed by atoms with Crippen LogP contribution in [0.15, 0.2) is 12.1 Å². The maximum Gasteiger partial charge on any atom is 0.113 e. The summed E-state index contributed by atoms with van der Waals surface area (Å²) in [6.07, 6.45) is 3.32. The van der Waals surface area contributed by atoms with Crippen LogP contribution < -0.4 is 5.32 Å². The normalized spacial score (nSPS) is 18.9. The molecule has 1 aromatic heterocycles. The summed E-state index contributed by atoms with van der Waals surface area (Å²) in [5.74, 6) is 1.07. The second-order valence-electron chi connectivity index (χ2n) is 5.25. The molecule has 0 aliphatic carbocycles. The standard InChI is InChI=1S/C14H17Cl2N3/c1-2-14(3-5-17-6-4-14)13-18-11-7-9(15)10(16)8-12(11)19-13/h7-8,17H,2-6H2,1H3,(H,18,19). The van der Waals surface area contributed by atoms with Crippen molar-refractivity contribution in [3.63, 3.8) is 0 Å². The van der Waals surface area contributed by atoms with Crippen molar-refractivity contribution in [2.24, 2.45) is 0 Å². The summed E-state index contributed by atoms with van der Waals surface area (Å²) >= 11 is 12.1. The van der Waals surface area contributed by atoms with Crippen LogP contribution in [0.5, 0.6) is 0 Å². The number of imidazole rings is 1. The molecule has 102 valence electrons. The highest BCUT2D eigenvalue weighted by atomic mass is 35.5. The van der Waals surface area contributed by atoms with E-state index in [0.29, 0.717) is 10.0 Å². The van der Waals surface area contributed by atoms with Crippen molar-refractivity contribution in [2.45, 2.75) is 31.6 Å². The number of hydrogen-bond acceptors (Lipinski definition) is 2. The molecule has 0 amide bonds. The first-order valence-corrected chi connectivity index (χ1v) is 7.46. The molecule has 0 unspecified atom stereocenters. The number of nitrogens with zero attached hydrogens (tertiary/aromatic N) is 1. The van der Waals surface area contributed by atoms with Gasteiger partial charge in [0.1, 0.15) is 5.82 Å². The van der Waals surface area contributed by atoms with Crippen LogP contribution in [0.3, 0.4) is 0 Å². The average Bonchev–Trinajstić information content (AvgIpc) is 2.83. The molecule has 0 bridgehead atoms. The number of nitrogens with one attached hydrogen (secondary N) is 2. The molecular weight excluding hydrogens is 281 g/mol. The van der Waals surface area contributed by atoms with Crippen LogP contribution in [0.1, 0.15) is 32.0 Å². The number of rotatable bonds is 2. The fourth-order valence-electron chi connectivity index (χ4n) is 2.92. The first-order chi connectivity index (χ1) is 9.14. The summed E-state index contributed by atoms with van der Waals surface area (Å²) in [5, 5.41) is 4.54. The van der Waals surface area contributed by atoms with Crippen LogP contribution in [-0.2, 0) is 5.41 Å². The van der Waals surface area contributed by atoms with E-state index in [1.807, 2.05) is 12.1 Å². The van der Waals surface area contributed by atoms with Gasteiger partial charge in [-0.25, -0.2) is 4.98 Å². The highest BCUT2D eigenvalue weighted by Crippen LogP contribution is 2.36. The Morgan fingerprint density at radius 1 is 1.21 bits per heavy atom. The predicted molar refractivity (Wildman–Crippen MR) is 80.2 cm³/mol. The zero-order valence-corrected chi connectivity index (χ0v) is 12.4. The second-order valence-corrected chi connectivity index (χ2v) is 6.07. The summed E-state index contributed by atoms with van der Waals surface area (Å²) in [6.45, 7) is 4.33. The Kier molecular flexibility index (Phi) is 3.46. The molecular formula is C14H17Cl2N3. The first kappa shape index (κ1) is 13.2. The smallest absolute Gasteiger partial charge is 0.113 e. The summed E-state index contributed by atoms with van der Waals surface area (Å²) in [7, 11) is 0. The molecule has 19 heavy (non-hydrogen) atoms. The number of fused-ring (bicyclic) bond motifs is 1. The quantitative estimate of drug-likeness (QED) is 0.882. The zero-order valence-electron chi connectivity index (χ0n) is 10.9. The molecule has 3 rings (SSSR count). The number of piperidine rings is 1. The van der Waals surface area contributed by atoms with E-state index in [0.717, 1.165) is 49.2 Å². The van der Waals surface area contributed by atoms with E-state index in [2.05, 4.69) is 17.2 Å². The monoisotopic (exact) mass is 297 g/mol. The molecule has 2 heterocycles. The maximum atomic E-state index is 6.06. The van der Waals surface area contributed by atoms with Gasteiger partial charge in [-0.1, -0.05) is 30.1 Å². The number of hydrogen-bond donors (Lipinski definition) is 2. The van der Waals surface area contributed by atoms with Gasteiger partial charge in [0.25, 0.3) is 0 Å². The third-order valence-electron chi connectivity index (χ3n) is 4.26. The fraction of sp³-hybridized carbons (Fsp3) is 0.500. The lowest BCUT2D eigenvalue weighted by Gasteiger charge is -2.35. The van der Waals surface area contributed by atoms with Crippen LogP contribution in [0, 0.1) is 0 Å². The van der Waals surface area contributed by atoms with E-state index in [1.165, 1.54) is 0 Å². The van der Waals surface area contributed by atoms with Crippen LogP contribution in [0.2, 0.25) is 10.0 Å². The van der Waals surface area contributed by atoms with Gasteiger partial charge in [-0.05, 0) is 44.5 Å². The lowest BCUT2D eigenvalue weighted by atomic mass is 9.76. The molecule has 2 aromatic rings. The third-order valence-corrected chi connectivity index (χ3v) is 4.99. The van der Waals surface area contributed by atoms with Gasteiger partial charge in [-0.2, -0.15) is 0 Å². The minimum atomic E-state index is 0.156. The highest BCUT2D eigenvalue weighted by molar-refractivity contribution is 6.42. The van der Waals surface area contributed by atoms with E-state index in [9.17, 15) is 0 Å². The van der Waals surface area contributed by atoms with Gasteiger partial charge in [0.15, 0.2) is 0 Å². The van der Waals surface area contributed by atoms with E-state index in [4.69, 9.17) is 28.2 Å². The van der Waals surface area contributed by atoms with E-state index >= 15 is 0 Å². The number of H-pyrrole nitrogens is 1. The Morgan fingerprint density at radius 3 is 2.58 bits per heavy atom. The Labute approximate surface area is 122 Å². The van der Waals surface area contributed by atoms with Crippen LogP contribution in [-0.4, -0.2) is 23.1 Å². The first-order valence-electron chi connectivity index (χ1n) is 6.70. The van der Waals surface area contributed by atoms with Crippen molar-refractivity contribution in [3.05, 3.63) is 28.0 Å². The van der Waals surface area contributed by atoms with Gasteiger partial charge in [0.2, 0.25) is 0 Å². The molecule has 0 saturated carbocycles. The number of halogens is 2. The van der Waals surface area contributed by atoms with E-state index in [1.54, 1.807) is 0 Å². The number of benzene rings is 1. The second kappa shape index (κ2) is 4.97. The minimum absolute atomic E-state index is 0.156. The molecule has 2 N–H and O–H groups in total. The lowest BCUT2D eigenvalue weighted by molar-refractivity contribution is 0.285. The highest BCUT2D eigenvalue weighted by Gasteiger charge is 2.35. The van der Waals surface area contributed by atoms with Gasteiger partial charge < -0.3 is 10.3 Å². The molecule has 1 fully saturated rings. The predicted octanol–water partition coefficient (Wildman–Crippen LogP) is 3.90. The van der Waals surface area contributed by atoms with Gasteiger partial charge >= 0.3 is 0 Å². The summed E-state index contributed by atoms with van der Waals surface area (Å²) in [5.41, 5.74) is 2.02. The van der Waals surface area contributed by atoms with Crippen molar-refractivity contribution in [1.82, 2.24) is 15.3 Å². The molecule has 0 spiro atoms. The summed E-state index contributed by atoms with van der Waals surface area (Å²) in [6, 6.07) is 3.70. The molecule has 3 nitrogen and oxygen atoms in total. The third kappa shape index (κ3) is 2.24. The van der Waals surface area contributed by atoms with Gasteiger partial charge in [0, 0.05) is 5.41 Å². The molecule has 1 aliphatic heterocycles. The Morgan fingerprint density at radius 2 is 1.89 bits per heavy atom. The number of aromatic nitrogens is 2. The minimum Gasteiger partial charge on any atom is -0.341 e. The molecule has 1 saturated heterocycles. The van der Waals surface area contributed by atoms with Crippen molar-refractivity contribution in [1.29, 1.82) is 0 Å². The largest absolute Gasteiger partial charge is 0.341 e. The van der Waals surface area contributed by atoms with Crippen molar-refractivity contribution >= 4 is 34.2 Å². The Bertz CT molecular complexity index is 561. The molecule has 0 atom stereocenters. The number of aromatic amines is 1. The average molecular weight is 298 g/mol.